The first-order valence-electron chi connectivity index (χ1n) is 8.21. The van der Waals surface area contributed by atoms with Gasteiger partial charge in [-0.3, -0.25) is 0 Å². The maximum atomic E-state index is 12.8. The summed E-state index contributed by atoms with van der Waals surface area (Å²) in [6.45, 7) is 2.09. The van der Waals surface area contributed by atoms with Crippen molar-refractivity contribution in [2.75, 3.05) is 0 Å². The van der Waals surface area contributed by atoms with E-state index in [1.165, 1.54) is 0 Å². The lowest BCUT2D eigenvalue weighted by Crippen LogP contribution is -2.21. The monoisotopic (exact) mass is 334 g/mol. The SMILES string of the molecule is CCCCc1nc(CS(=O)(=O)[C@H]2CCCc3ccccc32)no1. The zero-order valence-corrected chi connectivity index (χ0v) is 14.2. The second kappa shape index (κ2) is 6.83. The van der Waals surface area contributed by atoms with Gasteiger partial charge in [0, 0.05) is 6.42 Å². The van der Waals surface area contributed by atoms with Crippen LogP contribution in [0.3, 0.4) is 0 Å². The van der Waals surface area contributed by atoms with Gasteiger partial charge in [0.2, 0.25) is 5.89 Å². The molecule has 0 fully saturated rings. The molecule has 124 valence electrons. The summed E-state index contributed by atoms with van der Waals surface area (Å²) in [7, 11) is -3.34. The van der Waals surface area contributed by atoms with Crippen LogP contribution in [-0.2, 0) is 28.4 Å². The fourth-order valence-corrected chi connectivity index (χ4v) is 4.96. The zero-order chi connectivity index (χ0) is 16.3. The molecule has 0 saturated carbocycles. The van der Waals surface area contributed by atoms with Crippen molar-refractivity contribution in [3.05, 3.63) is 47.1 Å². The molecule has 2 aromatic rings. The molecule has 1 atom stereocenters. The van der Waals surface area contributed by atoms with E-state index < -0.39 is 15.1 Å². The first kappa shape index (κ1) is 16.2. The molecule has 0 aliphatic heterocycles. The number of unbranched alkanes of at least 4 members (excludes halogenated alkanes) is 1. The summed E-state index contributed by atoms with van der Waals surface area (Å²) in [5.74, 6) is 0.655. The molecule has 1 heterocycles. The molecule has 0 unspecified atom stereocenters. The van der Waals surface area contributed by atoms with Crippen LogP contribution in [0, 0.1) is 0 Å². The molecule has 1 aromatic heterocycles. The summed E-state index contributed by atoms with van der Waals surface area (Å²) >= 11 is 0. The molecule has 23 heavy (non-hydrogen) atoms. The van der Waals surface area contributed by atoms with Crippen molar-refractivity contribution in [2.24, 2.45) is 0 Å². The van der Waals surface area contributed by atoms with E-state index in [4.69, 9.17) is 4.52 Å². The Morgan fingerprint density at radius 1 is 1.30 bits per heavy atom. The molecule has 1 aliphatic carbocycles. The number of benzene rings is 1. The Morgan fingerprint density at radius 3 is 2.96 bits per heavy atom. The summed E-state index contributed by atoms with van der Waals surface area (Å²) in [5.41, 5.74) is 2.08. The molecule has 0 spiro atoms. The Balaban J connectivity index is 1.79. The molecular weight excluding hydrogens is 312 g/mol. The quantitative estimate of drug-likeness (QED) is 0.809. The lowest BCUT2D eigenvalue weighted by molar-refractivity contribution is 0.371. The van der Waals surface area contributed by atoms with Crippen LogP contribution in [0.4, 0.5) is 0 Å². The van der Waals surface area contributed by atoms with Crippen LogP contribution in [0.2, 0.25) is 0 Å². The number of nitrogens with zero attached hydrogens (tertiary/aromatic N) is 2. The van der Waals surface area contributed by atoms with Crippen molar-refractivity contribution >= 4 is 9.84 Å². The standard InChI is InChI=1S/C17H22N2O3S/c1-2-3-11-17-18-16(19-22-17)12-23(20,21)15-10-6-8-13-7-4-5-9-14(13)15/h4-5,7,9,15H,2-3,6,8,10-12H2,1H3/t15-/m0/s1. The first-order valence-corrected chi connectivity index (χ1v) is 9.92. The number of hydrogen-bond donors (Lipinski definition) is 0. The van der Waals surface area contributed by atoms with Crippen LogP contribution >= 0.6 is 0 Å². The highest BCUT2D eigenvalue weighted by Crippen LogP contribution is 2.36. The third-order valence-electron chi connectivity index (χ3n) is 4.33. The second-order valence-corrected chi connectivity index (χ2v) is 8.28. The Labute approximate surface area is 137 Å². The highest BCUT2D eigenvalue weighted by atomic mass is 32.2. The Bertz CT molecular complexity index is 768. The van der Waals surface area contributed by atoms with Gasteiger partial charge in [0.15, 0.2) is 15.7 Å². The molecule has 0 radical (unpaired) electrons. The molecule has 1 aliphatic rings. The van der Waals surface area contributed by atoms with E-state index >= 15 is 0 Å². The third-order valence-corrected chi connectivity index (χ3v) is 6.35. The summed E-state index contributed by atoms with van der Waals surface area (Å²) in [6, 6.07) is 7.82. The normalized spacial score (nSPS) is 17.9. The van der Waals surface area contributed by atoms with Gasteiger partial charge < -0.3 is 4.52 Å². The highest BCUT2D eigenvalue weighted by Gasteiger charge is 2.32. The number of hydrogen-bond acceptors (Lipinski definition) is 5. The summed E-state index contributed by atoms with van der Waals surface area (Å²) < 4.78 is 30.8. The van der Waals surface area contributed by atoms with E-state index in [1.807, 2.05) is 24.3 Å². The number of sulfone groups is 1. The minimum atomic E-state index is -3.34. The van der Waals surface area contributed by atoms with Crippen LogP contribution in [0.25, 0.3) is 0 Å². The van der Waals surface area contributed by atoms with Gasteiger partial charge in [0.05, 0.1) is 5.25 Å². The molecule has 0 saturated heterocycles. The zero-order valence-electron chi connectivity index (χ0n) is 13.4. The van der Waals surface area contributed by atoms with E-state index in [-0.39, 0.29) is 11.6 Å². The van der Waals surface area contributed by atoms with Gasteiger partial charge in [-0.25, -0.2) is 8.42 Å². The van der Waals surface area contributed by atoms with Crippen molar-refractivity contribution in [1.82, 2.24) is 10.1 Å². The Morgan fingerprint density at radius 2 is 2.13 bits per heavy atom. The van der Waals surface area contributed by atoms with Gasteiger partial charge in [0.25, 0.3) is 0 Å². The van der Waals surface area contributed by atoms with Gasteiger partial charge in [-0.05, 0) is 36.8 Å². The van der Waals surface area contributed by atoms with Crippen molar-refractivity contribution < 1.29 is 12.9 Å². The molecule has 0 amide bonds. The number of aryl methyl sites for hydroxylation is 2. The van der Waals surface area contributed by atoms with Gasteiger partial charge in [-0.15, -0.1) is 0 Å². The summed E-state index contributed by atoms with van der Waals surface area (Å²) in [5, 5.41) is 3.39. The predicted octanol–water partition coefficient (Wildman–Crippen LogP) is 3.40. The second-order valence-electron chi connectivity index (χ2n) is 6.09. The first-order chi connectivity index (χ1) is 11.1. The molecule has 0 bridgehead atoms. The predicted molar refractivity (Wildman–Crippen MR) is 87.7 cm³/mol. The molecular formula is C17H22N2O3S. The number of fused-ring (bicyclic) bond motifs is 1. The van der Waals surface area contributed by atoms with E-state index in [0.717, 1.165) is 36.8 Å². The van der Waals surface area contributed by atoms with E-state index in [9.17, 15) is 8.42 Å². The average molecular weight is 334 g/mol. The van der Waals surface area contributed by atoms with E-state index in [0.29, 0.717) is 18.7 Å². The topological polar surface area (TPSA) is 73.1 Å². The number of aromatic nitrogens is 2. The highest BCUT2D eigenvalue weighted by molar-refractivity contribution is 7.90. The largest absolute Gasteiger partial charge is 0.339 e. The minimum absolute atomic E-state index is 0.151. The Kier molecular flexibility index (Phi) is 4.80. The van der Waals surface area contributed by atoms with Crippen LogP contribution < -0.4 is 0 Å². The van der Waals surface area contributed by atoms with Crippen molar-refractivity contribution in [3.8, 4) is 0 Å². The maximum absolute atomic E-state index is 12.8. The van der Waals surface area contributed by atoms with Crippen LogP contribution in [0.5, 0.6) is 0 Å². The fourth-order valence-electron chi connectivity index (χ4n) is 3.14. The van der Waals surface area contributed by atoms with Gasteiger partial charge in [-0.1, -0.05) is 42.8 Å². The van der Waals surface area contributed by atoms with Crippen molar-refractivity contribution in [3.63, 3.8) is 0 Å². The van der Waals surface area contributed by atoms with Crippen LogP contribution in [0.1, 0.15) is 60.7 Å². The molecule has 3 rings (SSSR count). The fraction of sp³-hybridized carbons (Fsp3) is 0.529. The number of rotatable bonds is 6. The molecule has 0 N–H and O–H groups in total. The van der Waals surface area contributed by atoms with Crippen LogP contribution in [0.15, 0.2) is 28.8 Å². The lowest BCUT2D eigenvalue weighted by Gasteiger charge is -2.24. The maximum Gasteiger partial charge on any atom is 0.226 e. The average Bonchev–Trinajstić information content (AvgIpc) is 2.99. The molecule has 5 nitrogen and oxygen atoms in total. The lowest BCUT2D eigenvalue weighted by atomic mass is 9.91. The summed E-state index contributed by atoms with van der Waals surface area (Å²) in [4.78, 5) is 4.23. The van der Waals surface area contributed by atoms with Gasteiger partial charge in [0.1, 0.15) is 5.75 Å². The van der Waals surface area contributed by atoms with Gasteiger partial charge >= 0.3 is 0 Å². The molecule has 6 heteroatoms. The van der Waals surface area contributed by atoms with Crippen molar-refractivity contribution in [2.45, 2.75) is 56.5 Å². The molecule has 1 aromatic carbocycles. The Hall–Kier alpha value is -1.69. The van der Waals surface area contributed by atoms with Crippen LogP contribution in [-0.4, -0.2) is 18.6 Å². The summed E-state index contributed by atoms with van der Waals surface area (Å²) in [6.07, 6.45) is 5.22. The van der Waals surface area contributed by atoms with E-state index in [2.05, 4.69) is 17.1 Å². The smallest absolute Gasteiger partial charge is 0.226 e. The van der Waals surface area contributed by atoms with E-state index in [1.54, 1.807) is 0 Å². The van der Waals surface area contributed by atoms with Crippen molar-refractivity contribution in [1.29, 1.82) is 0 Å². The van der Waals surface area contributed by atoms with Gasteiger partial charge in [-0.2, -0.15) is 4.98 Å². The third kappa shape index (κ3) is 3.63. The minimum Gasteiger partial charge on any atom is -0.339 e.